The van der Waals surface area contributed by atoms with Crippen molar-refractivity contribution in [2.75, 3.05) is 26.1 Å². The Labute approximate surface area is 176 Å². The molecule has 30 heavy (non-hydrogen) atoms. The highest BCUT2D eigenvalue weighted by molar-refractivity contribution is 6.01. The Bertz CT molecular complexity index is 897. The van der Waals surface area contributed by atoms with Crippen LogP contribution in [0.5, 0.6) is 17.2 Å². The molecule has 7 heteroatoms. The number of hydrogen-bond acceptors (Lipinski definition) is 5. The largest absolute Gasteiger partial charge is 0.494 e. The average molecular weight is 416 g/mol. The maximum Gasteiger partial charge on any atom is 0.259 e. The van der Waals surface area contributed by atoms with E-state index in [0.717, 1.165) is 12.8 Å². The Kier molecular flexibility index (Phi) is 7.03. The number of amides is 1. The number of nitrogens with two attached hydrogens (primary N) is 1. The number of methoxy groups -OCH3 is 1. The lowest BCUT2D eigenvalue weighted by molar-refractivity contribution is 0.0941. The van der Waals surface area contributed by atoms with Gasteiger partial charge in [-0.1, -0.05) is 19.9 Å². The van der Waals surface area contributed by atoms with Crippen LogP contribution in [0.3, 0.4) is 0 Å². The zero-order valence-electron chi connectivity index (χ0n) is 17.7. The summed E-state index contributed by atoms with van der Waals surface area (Å²) in [5.74, 6) is 0.829. The zero-order chi connectivity index (χ0) is 21.7. The van der Waals surface area contributed by atoms with Gasteiger partial charge in [0.1, 0.15) is 11.3 Å². The third-order valence-electron chi connectivity index (χ3n) is 4.78. The highest BCUT2D eigenvalue weighted by Gasteiger charge is 2.26. The second-order valence-electron chi connectivity index (χ2n) is 7.97. The molecule has 0 saturated heterocycles. The van der Waals surface area contributed by atoms with Gasteiger partial charge in [-0.15, -0.1) is 0 Å². The molecular formula is C23H29FN2O4. The quantitative estimate of drug-likeness (QED) is 0.568. The van der Waals surface area contributed by atoms with E-state index < -0.39 is 5.82 Å². The van der Waals surface area contributed by atoms with E-state index in [1.807, 2.05) is 13.8 Å². The molecule has 1 aliphatic rings. The lowest BCUT2D eigenvalue weighted by Gasteiger charge is -2.18. The molecule has 1 aliphatic carbocycles. The van der Waals surface area contributed by atoms with Gasteiger partial charge in [-0.3, -0.25) is 4.79 Å². The summed E-state index contributed by atoms with van der Waals surface area (Å²) in [7, 11) is 1.40. The predicted octanol–water partition coefficient (Wildman–Crippen LogP) is 4.17. The molecule has 0 spiro atoms. The van der Waals surface area contributed by atoms with Crippen molar-refractivity contribution in [3.8, 4) is 17.2 Å². The molecule has 1 fully saturated rings. The fourth-order valence-corrected chi connectivity index (χ4v) is 2.90. The Hall–Kier alpha value is -2.96. The summed E-state index contributed by atoms with van der Waals surface area (Å²) in [5.41, 5.74) is 7.38. The zero-order valence-corrected chi connectivity index (χ0v) is 17.7. The first-order chi connectivity index (χ1) is 14.4. The monoisotopic (exact) mass is 416 g/mol. The van der Waals surface area contributed by atoms with Crippen LogP contribution in [0.15, 0.2) is 30.3 Å². The van der Waals surface area contributed by atoms with Gasteiger partial charge >= 0.3 is 0 Å². The molecule has 2 aromatic carbocycles. The van der Waals surface area contributed by atoms with Gasteiger partial charge in [0.05, 0.1) is 26.0 Å². The number of ether oxygens (including phenoxy) is 3. The second kappa shape index (κ2) is 9.69. The van der Waals surface area contributed by atoms with Crippen LogP contribution in [0, 0.1) is 17.7 Å². The standard InChI is InChI=1S/C23H29FN2O4/c1-14(2)12-29-20-9-7-18(25)22(30-13-15-4-5-15)21(20)23(27)26-11-16-6-8-19(28-3)17(24)10-16/h6-10,14-15H,4-5,11-13,25H2,1-3H3,(H,26,27). The van der Waals surface area contributed by atoms with Crippen molar-refractivity contribution in [3.63, 3.8) is 0 Å². The molecule has 0 aromatic heterocycles. The van der Waals surface area contributed by atoms with Crippen molar-refractivity contribution in [1.29, 1.82) is 0 Å². The summed E-state index contributed by atoms with van der Waals surface area (Å²) in [6.07, 6.45) is 2.24. The van der Waals surface area contributed by atoms with Crippen LogP contribution in [0.4, 0.5) is 10.1 Å². The Morgan fingerprint density at radius 1 is 1.20 bits per heavy atom. The van der Waals surface area contributed by atoms with Crippen LogP contribution in [0.1, 0.15) is 42.6 Å². The molecule has 0 radical (unpaired) electrons. The molecular weight excluding hydrogens is 387 g/mol. The smallest absolute Gasteiger partial charge is 0.259 e. The van der Waals surface area contributed by atoms with E-state index in [9.17, 15) is 9.18 Å². The number of nitrogen functional groups attached to an aromatic ring is 1. The maximum atomic E-state index is 13.9. The van der Waals surface area contributed by atoms with Crippen molar-refractivity contribution in [2.24, 2.45) is 11.8 Å². The topological polar surface area (TPSA) is 82.8 Å². The van der Waals surface area contributed by atoms with Crippen LogP contribution >= 0.6 is 0 Å². The first-order valence-electron chi connectivity index (χ1n) is 10.2. The molecule has 0 unspecified atom stereocenters. The van der Waals surface area contributed by atoms with E-state index >= 15 is 0 Å². The van der Waals surface area contributed by atoms with Crippen LogP contribution in [-0.2, 0) is 6.54 Å². The third-order valence-corrected chi connectivity index (χ3v) is 4.78. The number of hydrogen-bond donors (Lipinski definition) is 2. The lowest BCUT2D eigenvalue weighted by atomic mass is 10.1. The lowest BCUT2D eigenvalue weighted by Crippen LogP contribution is -2.25. The molecule has 1 amide bonds. The van der Waals surface area contributed by atoms with E-state index in [4.69, 9.17) is 19.9 Å². The number of halogens is 1. The molecule has 2 aromatic rings. The Morgan fingerprint density at radius 2 is 1.93 bits per heavy atom. The summed E-state index contributed by atoms with van der Waals surface area (Å²) in [4.78, 5) is 13.1. The van der Waals surface area contributed by atoms with Gasteiger partial charge in [-0.2, -0.15) is 0 Å². The minimum atomic E-state index is -0.484. The van der Waals surface area contributed by atoms with E-state index in [2.05, 4.69) is 5.32 Å². The third kappa shape index (κ3) is 5.55. The molecule has 3 rings (SSSR count). The van der Waals surface area contributed by atoms with Crippen molar-refractivity contribution in [3.05, 3.63) is 47.3 Å². The van der Waals surface area contributed by atoms with Gasteiger partial charge in [0.15, 0.2) is 17.3 Å². The average Bonchev–Trinajstić information content (AvgIpc) is 3.54. The highest BCUT2D eigenvalue weighted by atomic mass is 19.1. The summed E-state index contributed by atoms with van der Waals surface area (Å²) in [5, 5.41) is 2.82. The van der Waals surface area contributed by atoms with Gasteiger partial charge in [-0.25, -0.2) is 4.39 Å². The number of carbonyl (C=O) groups excluding carboxylic acids is 1. The molecule has 0 bridgehead atoms. The number of rotatable bonds is 10. The molecule has 0 atom stereocenters. The fraction of sp³-hybridized carbons (Fsp3) is 0.435. The first-order valence-corrected chi connectivity index (χ1v) is 10.2. The van der Waals surface area contributed by atoms with Crippen molar-refractivity contribution in [1.82, 2.24) is 5.32 Å². The minimum Gasteiger partial charge on any atom is -0.494 e. The molecule has 3 N–H and O–H groups in total. The van der Waals surface area contributed by atoms with Gasteiger partial charge in [0.25, 0.3) is 5.91 Å². The Morgan fingerprint density at radius 3 is 2.57 bits per heavy atom. The molecule has 6 nitrogen and oxygen atoms in total. The normalized spacial score (nSPS) is 13.2. The van der Waals surface area contributed by atoms with E-state index in [-0.39, 0.29) is 29.7 Å². The number of anilines is 1. The van der Waals surface area contributed by atoms with Crippen LogP contribution in [0.2, 0.25) is 0 Å². The van der Waals surface area contributed by atoms with Gasteiger partial charge in [0.2, 0.25) is 0 Å². The molecule has 1 saturated carbocycles. The van der Waals surface area contributed by atoms with Crippen molar-refractivity contribution >= 4 is 11.6 Å². The maximum absolute atomic E-state index is 13.9. The minimum absolute atomic E-state index is 0.139. The summed E-state index contributed by atoms with van der Waals surface area (Å²) >= 11 is 0. The van der Waals surface area contributed by atoms with E-state index in [1.54, 1.807) is 18.2 Å². The van der Waals surface area contributed by atoms with Crippen LogP contribution in [0.25, 0.3) is 0 Å². The molecule has 162 valence electrons. The SMILES string of the molecule is COc1ccc(CNC(=O)c2c(OCC(C)C)ccc(N)c2OCC2CC2)cc1F. The number of benzene rings is 2. The van der Waals surface area contributed by atoms with E-state index in [1.165, 1.54) is 19.2 Å². The van der Waals surface area contributed by atoms with Crippen LogP contribution < -0.4 is 25.3 Å². The van der Waals surface area contributed by atoms with Crippen molar-refractivity contribution in [2.45, 2.75) is 33.2 Å². The van der Waals surface area contributed by atoms with Gasteiger partial charge in [-0.05, 0) is 54.5 Å². The van der Waals surface area contributed by atoms with E-state index in [0.29, 0.717) is 41.9 Å². The molecule has 0 heterocycles. The first kappa shape index (κ1) is 21.7. The number of nitrogens with one attached hydrogen (secondary N) is 1. The summed E-state index contributed by atoms with van der Waals surface area (Å²) < 4.78 is 30.7. The van der Waals surface area contributed by atoms with Gasteiger partial charge < -0.3 is 25.3 Å². The summed E-state index contributed by atoms with van der Waals surface area (Å²) in [6.45, 7) is 5.16. The van der Waals surface area contributed by atoms with Gasteiger partial charge in [0, 0.05) is 6.54 Å². The number of carbonyl (C=O) groups is 1. The fourth-order valence-electron chi connectivity index (χ4n) is 2.90. The second-order valence-corrected chi connectivity index (χ2v) is 7.97. The Balaban J connectivity index is 1.81. The molecule has 0 aliphatic heterocycles. The van der Waals surface area contributed by atoms with Crippen molar-refractivity contribution < 1.29 is 23.4 Å². The van der Waals surface area contributed by atoms with Crippen LogP contribution in [-0.4, -0.2) is 26.2 Å². The highest BCUT2D eigenvalue weighted by Crippen LogP contribution is 2.37. The summed E-state index contributed by atoms with van der Waals surface area (Å²) in [6, 6.07) is 7.93. The predicted molar refractivity (Wildman–Crippen MR) is 114 cm³/mol.